The van der Waals surface area contributed by atoms with Crippen LogP contribution in [0.4, 0.5) is 0 Å². The van der Waals surface area contributed by atoms with Crippen LogP contribution in [0.25, 0.3) is 0 Å². The minimum atomic E-state index is -0.514. The quantitative estimate of drug-likeness (QED) is 0.694. The van der Waals surface area contributed by atoms with Crippen LogP contribution in [-0.4, -0.2) is 23.7 Å². The summed E-state index contributed by atoms with van der Waals surface area (Å²) in [5.74, 6) is -0.432. The van der Waals surface area contributed by atoms with Gasteiger partial charge in [0.2, 0.25) is 5.91 Å². The molecule has 4 N–H and O–H groups in total. The molecular formula is C18H21N2O2. The molecule has 4 nitrogen and oxygen atoms in total. The van der Waals surface area contributed by atoms with E-state index in [1.165, 1.54) is 5.56 Å². The molecule has 2 rings (SSSR count). The van der Waals surface area contributed by atoms with Crippen molar-refractivity contribution in [1.29, 1.82) is 0 Å². The summed E-state index contributed by atoms with van der Waals surface area (Å²) < 4.78 is 0. The van der Waals surface area contributed by atoms with E-state index in [9.17, 15) is 9.90 Å². The van der Waals surface area contributed by atoms with Gasteiger partial charge in [0.1, 0.15) is 0 Å². The topological polar surface area (TPSA) is 75.4 Å². The minimum Gasteiger partial charge on any atom is -0.391 e. The molecule has 1 radical (unpaired) electrons. The highest BCUT2D eigenvalue weighted by Crippen LogP contribution is 2.06. The molecule has 0 aliphatic heterocycles. The van der Waals surface area contributed by atoms with Gasteiger partial charge in [0.25, 0.3) is 0 Å². The van der Waals surface area contributed by atoms with Crippen molar-refractivity contribution in [2.75, 3.05) is 6.54 Å². The molecule has 2 aromatic rings. The third-order valence-electron chi connectivity index (χ3n) is 3.36. The molecule has 2 aromatic carbocycles. The van der Waals surface area contributed by atoms with Gasteiger partial charge in [-0.25, -0.2) is 0 Å². The molecule has 115 valence electrons. The number of carbonyl (C=O) groups is 1. The van der Waals surface area contributed by atoms with Crippen LogP contribution in [0.2, 0.25) is 0 Å². The largest absolute Gasteiger partial charge is 0.391 e. The Bertz CT molecular complexity index is 599. The lowest BCUT2D eigenvalue weighted by atomic mass is 10.1. The monoisotopic (exact) mass is 297 g/mol. The minimum absolute atomic E-state index is 0.432. The van der Waals surface area contributed by atoms with Crippen molar-refractivity contribution in [2.45, 2.75) is 19.1 Å². The fourth-order valence-corrected chi connectivity index (χ4v) is 2.17. The van der Waals surface area contributed by atoms with Crippen LogP contribution in [0.5, 0.6) is 0 Å². The molecule has 0 saturated carbocycles. The maximum absolute atomic E-state index is 11.1. The van der Waals surface area contributed by atoms with E-state index < -0.39 is 12.0 Å². The van der Waals surface area contributed by atoms with Crippen molar-refractivity contribution in [3.8, 4) is 0 Å². The summed E-state index contributed by atoms with van der Waals surface area (Å²) in [5, 5.41) is 13.1. The van der Waals surface area contributed by atoms with E-state index in [-0.39, 0.29) is 0 Å². The first kappa shape index (κ1) is 16.2. The Labute approximate surface area is 131 Å². The van der Waals surface area contributed by atoms with Gasteiger partial charge in [0, 0.05) is 18.7 Å². The highest BCUT2D eigenvalue weighted by molar-refractivity contribution is 5.92. The lowest BCUT2D eigenvalue weighted by Gasteiger charge is -2.12. The normalized spacial score (nSPS) is 12.0. The van der Waals surface area contributed by atoms with Gasteiger partial charge in [-0.2, -0.15) is 0 Å². The molecule has 0 saturated heterocycles. The van der Waals surface area contributed by atoms with Gasteiger partial charge >= 0.3 is 0 Å². The van der Waals surface area contributed by atoms with E-state index in [4.69, 9.17) is 5.73 Å². The molecule has 0 spiro atoms. The van der Waals surface area contributed by atoms with Gasteiger partial charge in [-0.3, -0.25) is 4.79 Å². The van der Waals surface area contributed by atoms with Crippen LogP contribution in [0, 0.1) is 6.42 Å². The number of amides is 1. The molecule has 0 fully saturated rings. The average molecular weight is 297 g/mol. The number of primary amides is 1. The molecule has 1 atom stereocenters. The average Bonchev–Trinajstić information content (AvgIpc) is 2.54. The lowest BCUT2D eigenvalue weighted by Crippen LogP contribution is -2.27. The lowest BCUT2D eigenvalue weighted by molar-refractivity contribution is 0.1000. The number of hydrogen-bond acceptors (Lipinski definition) is 3. The number of rotatable bonds is 8. The van der Waals surface area contributed by atoms with E-state index >= 15 is 0 Å². The Balaban J connectivity index is 1.71. The third kappa shape index (κ3) is 5.31. The van der Waals surface area contributed by atoms with Crippen molar-refractivity contribution in [1.82, 2.24) is 5.32 Å². The summed E-state index contributed by atoms with van der Waals surface area (Å²) in [6.45, 7) is 1.05. The summed E-state index contributed by atoms with van der Waals surface area (Å²) in [4.78, 5) is 11.1. The second kappa shape index (κ2) is 8.32. The zero-order valence-electron chi connectivity index (χ0n) is 12.4. The SMILES string of the molecule is NC(=O)c1cccc(CNC[C@H](O)[CH]Cc2ccccc2)c1. The maximum Gasteiger partial charge on any atom is 0.248 e. The number of hydrogen-bond donors (Lipinski definition) is 3. The number of carbonyl (C=O) groups excluding carboxylic acids is 1. The first-order chi connectivity index (χ1) is 10.6. The number of aliphatic hydroxyl groups excluding tert-OH is 1. The fraction of sp³-hybridized carbons (Fsp3) is 0.222. The van der Waals surface area contributed by atoms with Crippen LogP contribution in [0.3, 0.4) is 0 Å². The second-order valence-electron chi connectivity index (χ2n) is 5.19. The van der Waals surface area contributed by atoms with Crippen LogP contribution in [-0.2, 0) is 13.0 Å². The molecular weight excluding hydrogens is 276 g/mol. The van der Waals surface area contributed by atoms with Crippen molar-refractivity contribution in [2.24, 2.45) is 5.73 Å². The fourth-order valence-electron chi connectivity index (χ4n) is 2.17. The highest BCUT2D eigenvalue weighted by atomic mass is 16.3. The van der Waals surface area contributed by atoms with Crippen molar-refractivity contribution in [3.05, 3.63) is 77.7 Å². The Hall–Kier alpha value is -2.17. The summed E-state index contributed by atoms with van der Waals surface area (Å²) in [7, 11) is 0. The van der Waals surface area contributed by atoms with Crippen molar-refractivity contribution >= 4 is 5.91 Å². The Kier molecular flexibility index (Phi) is 6.13. The molecule has 1 amide bonds. The first-order valence-electron chi connectivity index (χ1n) is 7.30. The van der Waals surface area contributed by atoms with Crippen molar-refractivity contribution < 1.29 is 9.90 Å². The van der Waals surface area contributed by atoms with Gasteiger partial charge in [-0.1, -0.05) is 42.5 Å². The van der Waals surface area contributed by atoms with E-state index in [0.717, 1.165) is 12.0 Å². The van der Waals surface area contributed by atoms with Crippen molar-refractivity contribution in [3.63, 3.8) is 0 Å². The summed E-state index contributed by atoms with van der Waals surface area (Å²) in [6, 6.07) is 17.2. The Morgan fingerprint density at radius 1 is 1.14 bits per heavy atom. The van der Waals surface area contributed by atoms with Gasteiger partial charge in [-0.15, -0.1) is 0 Å². The number of nitrogens with two attached hydrogens (primary N) is 1. The maximum atomic E-state index is 11.1. The number of aliphatic hydroxyl groups is 1. The summed E-state index contributed by atoms with van der Waals surface area (Å²) in [5.41, 5.74) is 7.89. The van der Waals surface area contributed by atoms with Crippen LogP contribution in [0.1, 0.15) is 21.5 Å². The van der Waals surface area contributed by atoms with Crippen LogP contribution in [0.15, 0.2) is 54.6 Å². The zero-order valence-corrected chi connectivity index (χ0v) is 12.4. The summed E-state index contributed by atoms with van der Waals surface area (Å²) in [6.07, 6.45) is 2.10. The standard InChI is InChI=1S/C18H21N2O2/c19-18(22)16-8-4-7-15(11-16)12-20-13-17(21)10-9-14-5-2-1-3-6-14/h1-8,10-11,17,20-21H,9,12-13H2,(H2,19,22)/t17-/m1/s1. The van der Waals surface area contributed by atoms with E-state index in [1.54, 1.807) is 18.2 Å². The van der Waals surface area contributed by atoms with Gasteiger partial charge < -0.3 is 16.2 Å². The molecule has 0 aromatic heterocycles. The molecule has 0 aliphatic carbocycles. The highest BCUT2D eigenvalue weighted by Gasteiger charge is 2.05. The number of benzene rings is 2. The predicted molar refractivity (Wildman–Crippen MR) is 87.1 cm³/mol. The molecule has 0 unspecified atom stereocenters. The Morgan fingerprint density at radius 2 is 1.86 bits per heavy atom. The summed E-state index contributed by atoms with van der Waals surface area (Å²) >= 11 is 0. The van der Waals surface area contributed by atoms with Gasteiger partial charge in [0.05, 0.1) is 6.10 Å². The zero-order chi connectivity index (χ0) is 15.8. The second-order valence-corrected chi connectivity index (χ2v) is 5.19. The molecule has 4 heteroatoms. The molecule has 0 aliphatic rings. The molecule has 0 heterocycles. The van der Waals surface area contributed by atoms with Gasteiger partial charge in [0.15, 0.2) is 0 Å². The van der Waals surface area contributed by atoms with E-state index in [1.807, 2.05) is 42.8 Å². The molecule has 0 bridgehead atoms. The number of nitrogens with one attached hydrogen (secondary N) is 1. The first-order valence-corrected chi connectivity index (χ1v) is 7.30. The van der Waals surface area contributed by atoms with Crippen LogP contribution < -0.4 is 11.1 Å². The third-order valence-corrected chi connectivity index (χ3v) is 3.36. The smallest absolute Gasteiger partial charge is 0.248 e. The Morgan fingerprint density at radius 3 is 2.59 bits per heavy atom. The van der Waals surface area contributed by atoms with E-state index in [0.29, 0.717) is 18.7 Å². The molecule has 22 heavy (non-hydrogen) atoms. The van der Waals surface area contributed by atoms with Gasteiger partial charge in [-0.05, 0) is 36.1 Å². The van der Waals surface area contributed by atoms with Crippen LogP contribution >= 0.6 is 0 Å². The predicted octanol–water partition coefficient (Wildman–Crippen LogP) is 1.68. The van der Waals surface area contributed by atoms with E-state index in [2.05, 4.69) is 5.32 Å².